The summed E-state index contributed by atoms with van der Waals surface area (Å²) < 4.78 is 37.1. The zero-order chi connectivity index (χ0) is 17.2. The van der Waals surface area contributed by atoms with Gasteiger partial charge in [-0.05, 0) is 18.9 Å². The number of halogens is 3. The molecule has 0 fully saturated rings. The van der Waals surface area contributed by atoms with Crippen LogP contribution in [0.1, 0.15) is 18.9 Å². The molecule has 1 atom stereocenters. The van der Waals surface area contributed by atoms with Gasteiger partial charge in [-0.3, -0.25) is 4.79 Å². The molecule has 0 aliphatic heterocycles. The number of carboxylic acids is 1. The van der Waals surface area contributed by atoms with Gasteiger partial charge in [0.15, 0.2) is 0 Å². The Balaban J connectivity index is 0.000000433. The van der Waals surface area contributed by atoms with Crippen LogP contribution in [0.3, 0.4) is 0 Å². The molecule has 0 radical (unpaired) electrons. The van der Waals surface area contributed by atoms with Crippen molar-refractivity contribution in [1.29, 1.82) is 0 Å². The molecule has 8 heteroatoms. The summed E-state index contributed by atoms with van der Waals surface area (Å²) in [6.45, 7) is 1.06. The van der Waals surface area contributed by atoms with E-state index in [4.69, 9.17) is 10.8 Å². The van der Waals surface area contributed by atoms with Crippen LogP contribution in [0.4, 0.5) is 13.2 Å². The molecular formula is C14H18F3NO4. The molecule has 0 amide bonds. The van der Waals surface area contributed by atoms with Gasteiger partial charge in [0.25, 0.3) is 0 Å². The summed E-state index contributed by atoms with van der Waals surface area (Å²) in [7, 11) is 0. The monoisotopic (exact) mass is 321 g/mol. The van der Waals surface area contributed by atoms with Crippen molar-refractivity contribution in [3.05, 3.63) is 35.9 Å². The molecule has 1 rings (SSSR count). The highest BCUT2D eigenvalue weighted by Crippen LogP contribution is 2.15. The standard InChI is InChI=1S/C10H13NO2.C4H5F3O2/c11-9(7-10(12)13)6-8-4-2-1-3-5-8;1-2-9-3(8)4(5,6)7/h1-5,9H,6-7,11H2,(H,12,13);2H2,1H3. The average molecular weight is 321 g/mol. The van der Waals surface area contributed by atoms with E-state index in [1.54, 1.807) is 0 Å². The summed E-state index contributed by atoms with van der Waals surface area (Å²) >= 11 is 0. The molecule has 0 aliphatic rings. The van der Waals surface area contributed by atoms with Crippen LogP contribution >= 0.6 is 0 Å². The van der Waals surface area contributed by atoms with Crippen molar-refractivity contribution < 1.29 is 32.6 Å². The maximum absolute atomic E-state index is 11.2. The predicted octanol–water partition coefficient (Wildman–Crippen LogP) is 2.14. The van der Waals surface area contributed by atoms with Gasteiger partial charge >= 0.3 is 18.1 Å². The summed E-state index contributed by atoms with van der Waals surface area (Å²) in [5.41, 5.74) is 6.71. The van der Waals surface area contributed by atoms with Crippen LogP contribution in [0.5, 0.6) is 0 Å². The number of alkyl halides is 3. The first-order valence-electron chi connectivity index (χ1n) is 6.42. The van der Waals surface area contributed by atoms with E-state index in [1.807, 2.05) is 30.3 Å². The third-order valence-corrected chi connectivity index (χ3v) is 2.28. The van der Waals surface area contributed by atoms with Crippen molar-refractivity contribution in [2.24, 2.45) is 5.73 Å². The number of rotatable bonds is 5. The molecule has 0 spiro atoms. The second kappa shape index (κ2) is 9.78. The molecule has 1 aromatic rings. The first-order valence-corrected chi connectivity index (χ1v) is 6.42. The van der Waals surface area contributed by atoms with Gasteiger partial charge in [0.1, 0.15) is 0 Å². The van der Waals surface area contributed by atoms with Crippen LogP contribution in [0.2, 0.25) is 0 Å². The van der Waals surface area contributed by atoms with Gasteiger partial charge in [-0.25, -0.2) is 4.79 Å². The van der Waals surface area contributed by atoms with Gasteiger partial charge < -0.3 is 15.6 Å². The molecule has 0 heterocycles. The number of carbonyl (C=O) groups is 2. The number of hydrogen-bond acceptors (Lipinski definition) is 4. The fourth-order valence-electron chi connectivity index (χ4n) is 1.43. The van der Waals surface area contributed by atoms with Gasteiger partial charge in [-0.1, -0.05) is 30.3 Å². The normalized spacial score (nSPS) is 11.9. The number of hydrogen-bond donors (Lipinski definition) is 2. The van der Waals surface area contributed by atoms with Crippen molar-refractivity contribution in [2.45, 2.75) is 32.0 Å². The van der Waals surface area contributed by atoms with Crippen LogP contribution in [-0.4, -0.2) is 35.9 Å². The highest BCUT2D eigenvalue weighted by Gasteiger charge is 2.40. The van der Waals surface area contributed by atoms with Crippen LogP contribution in [0, 0.1) is 0 Å². The Kier molecular flexibility index (Phi) is 8.85. The first kappa shape index (κ1) is 19.9. The van der Waals surface area contributed by atoms with E-state index in [0.29, 0.717) is 6.42 Å². The van der Waals surface area contributed by atoms with Gasteiger partial charge in [-0.15, -0.1) is 0 Å². The summed E-state index contributed by atoms with van der Waals surface area (Å²) in [5.74, 6) is -2.98. The third-order valence-electron chi connectivity index (χ3n) is 2.28. The summed E-state index contributed by atoms with van der Waals surface area (Å²) in [5, 5.41) is 8.48. The van der Waals surface area contributed by atoms with Crippen LogP contribution in [0.15, 0.2) is 30.3 Å². The smallest absolute Gasteiger partial charge is 0.481 e. The Bertz CT molecular complexity index is 463. The Hall–Kier alpha value is -2.09. The van der Waals surface area contributed by atoms with Crippen molar-refractivity contribution >= 4 is 11.9 Å². The molecule has 0 aromatic heterocycles. The molecule has 0 aliphatic carbocycles. The van der Waals surface area contributed by atoms with E-state index < -0.39 is 18.1 Å². The minimum absolute atomic E-state index is 0.0227. The molecule has 0 saturated carbocycles. The molecule has 0 bridgehead atoms. The number of carbonyl (C=O) groups excluding carboxylic acids is 1. The van der Waals surface area contributed by atoms with E-state index in [1.165, 1.54) is 6.92 Å². The Morgan fingerprint density at radius 1 is 1.27 bits per heavy atom. The SMILES string of the molecule is CCOC(=O)C(F)(F)F.NC(CC(=O)O)Cc1ccccc1. The van der Waals surface area contributed by atoms with Crippen molar-refractivity contribution in [2.75, 3.05) is 6.61 Å². The highest BCUT2D eigenvalue weighted by atomic mass is 19.4. The van der Waals surface area contributed by atoms with E-state index in [9.17, 15) is 22.8 Å². The molecule has 0 saturated heterocycles. The number of nitrogens with two attached hydrogens (primary N) is 1. The molecule has 3 N–H and O–H groups in total. The van der Waals surface area contributed by atoms with Crippen LogP contribution in [0.25, 0.3) is 0 Å². The van der Waals surface area contributed by atoms with E-state index >= 15 is 0 Å². The van der Waals surface area contributed by atoms with Crippen molar-refractivity contribution in [1.82, 2.24) is 0 Å². The average Bonchev–Trinajstić information content (AvgIpc) is 2.38. The molecular weight excluding hydrogens is 303 g/mol. The van der Waals surface area contributed by atoms with Crippen LogP contribution in [-0.2, 0) is 20.7 Å². The Morgan fingerprint density at radius 2 is 1.82 bits per heavy atom. The largest absolute Gasteiger partial charge is 0.490 e. The predicted molar refractivity (Wildman–Crippen MR) is 73.1 cm³/mol. The van der Waals surface area contributed by atoms with Gasteiger partial charge in [0, 0.05) is 6.04 Å². The van der Waals surface area contributed by atoms with Crippen LogP contribution < -0.4 is 5.73 Å². The lowest BCUT2D eigenvalue weighted by Gasteiger charge is -2.07. The number of ether oxygens (including phenoxy) is 1. The van der Waals surface area contributed by atoms with E-state index in [0.717, 1.165) is 5.56 Å². The lowest BCUT2D eigenvalue weighted by Crippen LogP contribution is -2.25. The quantitative estimate of drug-likeness (QED) is 0.811. The number of benzene rings is 1. The van der Waals surface area contributed by atoms with Crippen molar-refractivity contribution in [3.63, 3.8) is 0 Å². The molecule has 1 aromatic carbocycles. The topological polar surface area (TPSA) is 89.6 Å². The fraction of sp³-hybridized carbons (Fsp3) is 0.429. The number of esters is 1. The minimum Gasteiger partial charge on any atom is -0.481 e. The lowest BCUT2D eigenvalue weighted by molar-refractivity contribution is -0.199. The summed E-state index contributed by atoms with van der Waals surface area (Å²) in [6.07, 6.45) is -4.21. The zero-order valence-corrected chi connectivity index (χ0v) is 12.0. The minimum atomic E-state index is -4.85. The maximum atomic E-state index is 11.2. The van der Waals surface area contributed by atoms with E-state index in [-0.39, 0.29) is 19.1 Å². The maximum Gasteiger partial charge on any atom is 0.490 e. The Labute approximate surface area is 125 Å². The highest BCUT2D eigenvalue weighted by molar-refractivity contribution is 5.75. The Morgan fingerprint density at radius 3 is 2.18 bits per heavy atom. The molecule has 1 unspecified atom stereocenters. The summed E-state index contributed by atoms with van der Waals surface area (Å²) in [4.78, 5) is 20.0. The second-order valence-electron chi connectivity index (χ2n) is 4.27. The number of aliphatic carboxylic acids is 1. The summed E-state index contributed by atoms with van der Waals surface area (Å²) in [6, 6.07) is 9.36. The van der Waals surface area contributed by atoms with Gasteiger partial charge in [0.2, 0.25) is 0 Å². The second-order valence-corrected chi connectivity index (χ2v) is 4.27. The third kappa shape index (κ3) is 9.76. The van der Waals surface area contributed by atoms with Crippen molar-refractivity contribution in [3.8, 4) is 0 Å². The molecule has 5 nitrogen and oxygen atoms in total. The molecule has 124 valence electrons. The van der Waals surface area contributed by atoms with E-state index in [2.05, 4.69) is 4.74 Å². The first-order chi connectivity index (χ1) is 10.2. The van der Waals surface area contributed by atoms with Gasteiger partial charge in [-0.2, -0.15) is 13.2 Å². The zero-order valence-electron chi connectivity index (χ0n) is 12.0. The molecule has 22 heavy (non-hydrogen) atoms. The van der Waals surface area contributed by atoms with Gasteiger partial charge in [0.05, 0.1) is 13.0 Å². The number of carboxylic acid groups (broad SMARTS) is 1. The lowest BCUT2D eigenvalue weighted by atomic mass is 10.0. The fourth-order valence-corrected chi connectivity index (χ4v) is 1.43.